The first kappa shape index (κ1) is 13.5. The summed E-state index contributed by atoms with van der Waals surface area (Å²) in [5, 5.41) is 14.1. The Morgan fingerprint density at radius 3 is 3.00 bits per heavy atom. The molecule has 3 heteroatoms. The number of nitrogens with one attached hydrogen (secondary N) is 1. The van der Waals surface area contributed by atoms with E-state index in [1.807, 2.05) is 6.92 Å². The van der Waals surface area contributed by atoms with Crippen molar-refractivity contribution in [3.05, 3.63) is 41.6 Å². The third kappa shape index (κ3) is 2.84. The molecule has 2 unspecified atom stereocenters. The summed E-state index contributed by atoms with van der Waals surface area (Å²) in [4.78, 5) is 4.53. The molecule has 1 fully saturated rings. The maximum absolute atomic E-state index is 9.35. The Kier molecular flexibility index (Phi) is 3.99. The van der Waals surface area contributed by atoms with Crippen LogP contribution in [0.3, 0.4) is 0 Å². The van der Waals surface area contributed by atoms with Crippen LogP contribution in [-0.2, 0) is 6.54 Å². The van der Waals surface area contributed by atoms with E-state index in [9.17, 15) is 5.11 Å². The average molecular weight is 270 g/mol. The van der Waals surface area contributed by atoms with Crippen LogP contribution in [0.25, 0.3) is 10.9 Å². The van der Waals surface area contributed by atoms with Crippen molar-refractivity contribution in [3.8, 4) is 0 Å². The molecule has 2 atom stereocenters. The van der Waals surface area contributed by atoms with Crippen LogP contribution in [-0.4, -0.2) is 22.7 Å². The Balaban J connectivity index is 1.70. The van der Waals surface area contributed by atoms with Crippen molar-refractivity contribution in [1.82, 2.24) is 10.3 Å². The van der Waals surface area contributed by atoms with Gasteiger partial charge in [0.25, 0.3) is 0 Å². The highest BCUT2D eigenvalue weighted by atomic mass is 16.3. The Morgan fingerprint density at radius 2 is 2.15 bits per heavy atom. The summed E-state index contributed by atoms with van der Waals surface area (Å²) in [6, 6.07) is 11.1. The SMILES string of the molecule is Cc1ccc2cc(CNC3CCCC3CO)ccc2n1. The summed E-state index contributed by atoms with van der Waals surface area (Å²) in [7, 11) is 0. The normalized spacial score (nSPS) is 22.5. The summed E-state index contributed by atoms with van der Waals surface area (Å²) in [5.41, 5.74) is 3.40. The number of benzene rings is 1. The standard InChI is InChI=1S/C17H22N2O/c1-12-5-7-14-9-13(6-8-17(14)19-12)10-18-16-4-2-3-15(16)11-20/h5-9,15-16,18,20H,2-4,10-11H2,1H3. The zero-order valence-corrected chi connectivity index (χ0v) is 12.0. The molecule has 1 heterocycles. The van der Waals surface area contributed by atoms with E-state index in [1.54, 1.807) is 0 Å². The Labute approximate surface area is 120 Å². The molecule has 2 aromatic rings. The van der Waals surface area contributed by atoms with E-state index in [1.165, 1.54) is 23.8 Å². The van der Waals surface area contributed by atoms with Crippen molar-refractivity contribution >= 4 is 10.9 Å². The van der Waals surface area contributed by atoms with Gasteiger partial charge in [-0.05, 0) is 49.4 Å². The first-order valence-electron chi connectivity index (χ1n) is 7.47. The molecule has 0 saturated heterocycles. The maximum atomic E-state index is 9.35. The molecule has 0 spiro atoms. The predicted octanol–water partition coefficient (Wildman–Crippen LogP) is 2.79. The largest absolute Gasteiger partial charge is 0.396 e. The molecule has 0 radical (unpaired) electrons. The average Bonchev–Trinajstić information content (AvgIpc) is 2.92. The zero-order chi connectivity index (χ0) is 13.9. The monoisotopic (exact) mass is 270 g/mol. The third-order valence-corrected chi connectivity index (χ3v) is 4.35. The van der Waals surface area contributed by atoms with Gasteiger partial charge in [0, 0.05) is 30.3 Å². The Bertz CT molecular complexity index is 597. The van der Waals surface area contributed by atoms with Gasteiger partial charge in [-0.15, -0.1) is 0 Å². The van der Waals surface area contributed by atoms with Gasteiger partial charge >= 0.3 is 0 Å². The lowest BCUT2D eigenvalue weighted by atomic mass is 10.0. The topological polar surface area (TPSA) is 45.1 Å². The van der Waals surface area contributed by atoms with Gasteiger partial charge in [-0.2, -0.15) is 0 Å². The van der Waals surface area contributed by atoms with Crippen molar-refractivity contribution < 1.29 is 5.11 Å². The number of aryl methyl sites for hydroxylation is 1. The van der Waals surface area contributed by atoms with Gasteiger partial charge < -0.3 is 10.4 Å². The predicted molar refractivity (Wildman–Crippen MR) is 81.5 cm³/mol. The number of hydrogen-bond donors (Lipinski definition) is 2. The number of aliphatic hydroxyl groups is 1. The molecule has 2 N–H and O–H groups in total. The highest BCUT2D eigenvalue weighted by Crippen LogP contribution is 2.25. The lowest BCUT2D eigenvalue weighted by molar-refractivity contribution is 0.205. The van der Waals surface area contributed by atoms with Gasteiger partial charge in [-0.25, -0.2) is 0 Å². The summed E-state index contributed by atoms with van der Waals surface area (Å²) in [5.74, 6) is 0.430. The van der Waals surface area contributed by atoms with Crippen LogP contribution in [0, 0.1) is 12.8 Å². The summed E-state index contributed by atoms with van der Waals surface area (Å²) in [6.45, 7) is 3.19. The zero-order valence-electron chi connectivity index (χ0n) is 12.0. The van der Waals surface area contributed by atoms with E-state index >= 15 is 0 Å². The molecule has 106 valence electrons. The van der Waals surface area contributed by atoms with Gasteiger partial charge in [0.15, 0.2) is 0 Å². The van der Waals surface area contributed by atoms with Crippen LogP contribution in [0.15, 0.2) is 30.3 Å². The third-order valence-electron chi connectivity index (χ3n) is 4.35. The number of aliphatic hydroxyl groups excluding tert-OH is 1. The van der Waals surface area contributed by atoms with Gasteiger partial charge in [-0.3, -0.25) is 4.98 Å². The quantitative estimate of drug-likeness (QED) is 0.898. The van der Waals surface area contributed by atoms with Crippen molar-refractivity contribution in [2.24, 2.45) is 5.92 Å². The van der Waals surface area contributed by atoms with Crippen LogP contribution in [0.2, 0.25) is 0 Å². The second-order valence-electron chi connectivity index (χ2n) is 5.84. The van der Waals surface area contributed by atoms with Crippen molar-refractivity contribution in [2.75, 3.05) is 6.61 Å². The molecule has 0 amide bonds. The van der Waals surface area contributed by atoms with Crippen LogP contribution in [0.5, 0.6) is 0 Å². The summed E-state index contributed by atoms with van der Waals surface area (Å²) >= 11 is 0. The molecule has 1 aromatic heterocycles. The van der Waals surface area contributed by atoms with Crippen LogP contribution in [0.4, 0.5) is 0 Å². The number of aromatic nitrogens is 1. The minimum Gasteiger partial charge on any atom is -0.396 e. The molecule has 1 aliphatic carbocycles. The summed E-state index contributed by atoms with van der Waals surface area (Å²) in [6.07, 6.45) is 3.55. The van der Waals surface area contributed by atoms with Crippen LogP contribution >= 0.6 is 0 Å². The molecule has 0 aliphatic heterocycles. The molecule has 20 heavy (non-hydrogen) atoms. The van der Waals surface area contributed by atoms with Gasteiger partial charge in [0.2, 0.25) is 0 Å². The summed E-state index contributed by atoms with van der Waals surface area (Å²) < 4.78 is 0. The number of hydrogen-bond acceptors (Lipinski definition) is 3. The van der Waals surface area contributed by atoms with Crippen LogP contribution < -0.4 is 5.32 Å². The first-order chi connectivity index (χ1) is 9.76. The smallest absolute Gasteiger partial charge is 0.0705 e. The molecule has 1 saturated carbocycles. The molecular weight excluding hydrogens is 248 g/mol. The second kappa shape index (κ2) is 5.90. The highest BCUT2D eigenvalue weighted by Gasteiger charge is 2.25. The first-order valence-corrected chi connectivity index (χ1v) is 7.47. The molecular formula is C17H22N2O. The number of nitrogens with zero attached hydrogens (tertiary/aromatic N) is 1. The molecule has 1 aromatic carbocycles. The fourth-order valence-electron chi connectivity index (χ4n) is 3.16. The fraction of sp³-hybridized carbons (Fsp3) is 0.471. The van der Waals surface area contributed by atoms with Gasteiger partial charge in [0.05, 0.1) is 5.52 Å². The lowest BCUT2D eigenvalue weighted by Gasteiger charge is -2.19. The molecule has 0 bridgehead atoms. The molecule has 3 nitrogen and oxygen atoms in total. The van der Waals surface area contributed by atoms with E-state index < -0.39 is 0 Å². The molecule has 1 aliphatic rings. The number of pyridine rings is 1. The van der Waals surface area contributed by atoms with Gasteiger partial charge in [-0.1, -0.05) is 18.6 Å². The van der Waals surface area contributed by atoms with E-state index in [0.717, 1.165) is 24.2 Å². The van der Waals surface area contributed by atoms with Crippen molar-refractivity contribution in [3.63, 3.8) is 0 Å². The lowest BCUT2D eigenvalue weighted by Crippen LogP contribution is -2.33. The highest BCUT2D eigenvalue weighted by molar-refractivity contribution is 5.79. The second-order valence-corrected chi connectivity index (χ2v) is 5.84. The number of fused-ring (bicyclic) bond motifs is 1. The maximum Gasteiger partial charge on any atom is 0.0705 e. The minimum absolute atomic E-state index is 0.304. The minimum atomic E-state index is 0.304. The number of rotatable bonds is 4. The Hall–Kier alpha value is -1.45. The molecule has 3 rings (SSSR count). The Morgan fingerprint density at radius 1 is 1.25 bits per heavy atom. The van der Waals surface area contributed by atoms with Crippen molar-refractivity contribution in [1.29, 1.82) is 0 Å². The van der Waals surface area contributed by atoms with E-state index in [-0.39, 0.29) is 0 Å². The van der Waals surface area contributed by atoms with Gasteiger partial charge in [0.1, 0.15) is 0 Å². The van der Waals surface area contributed by atoms with Crippen LogP contribution in [0.1, 0.15) is 30.5 Å². The van der Waals surface area contributed by atoms with E-state index in [0.29, 0.717) is 18.6 Å². The fourth-order valence-corrected chi connectivity index (χ4v) is 3.16. The van der Waals surface area contributed by atoms with E-state index in [2.05, 4.69) is 40.6 Å². The van der Waals surface area contributed by atoms with E-state index in [4.69, 9.17) is 0 Å². The van der Waals surface area contributed by atoms with Crippen molar-refractivity contribution in [2.45, 2.75) is 38.8 Å².